The van der Waals surface area contributed by atoms with E-state index in [9.17, 15) is 9.59 Å². The number of rotatable bonds is 6. The summed E-state index contributed by atoms with van der Waals surface area (Å²) in [5, 5.41) is 2.86. The molecule has 0 spiro atoms. The first-order valence-corrected chi connectivity index (χ1v) is 9.99. The summed E-state index contributed by atoms with van der Waals surface area (Å²) in [6.45, 7) is 0.466. The normalized spacial score (nSPS) is 17.9. The van der Waals surface area contributed by atoms with Crippen molar-refractivity contribution in [1.82, 2.24) is 0 Å². The Morgan fingerprint density at radius 1 is 1.04 bits per heavy atom. The van der Waals surface area contributed by atoms with Gasteiger partial charge in [0, 0.05) is 24.9 Å². The number of hydrogen-bond acceptors (Lipinski definition) is 4. The van der Waals surface area contributed by atoms with E-state index in [4.69, 9.17) is 9.47 Å². The number of ether oxygens (including phenoxy) is 2. The largest absolute Gasteiger partial charge is 0.494 e. The molecule has 1 amide bonds. The molecule has 28 heavy (non-hydrogen) atoms. The van der Waals surface area contributed by atoms with E-state index in [1.54, 1.807) is 0 Å². The fourth-order valence-corrected chi connectivity index (χ4v) is 3.87. The lowest BCUT2D eigenvalue weighted by Gasteiger charge is -2.24. The first-order valence-electron chi connectivity index (χ1n) is 9.99. The number of nitrogens with one attached hydrogen (secondary N) is 1. The number of amides is 1. The van der Waals surface area contributed by atoms with Crippen molar-refractivity contribution in [1.29, 1.82) is 0 Å². The molecule has 1 aliphatic heterocycles. The molecule has 1 aliphatic carbocycles. The lowest BCUT2D eigenvalue weighted by atomic mass is 9.90. The molecule has 1 unspecified atom stereocenters. The summed E-state index contributed by atoms with van der Waals surface area (Å²) in [6.07, 6.45) is 4.88. The molecule has 2 aliphatic rings. The molecule has 5 nitrogen and oxygen atoms in total. The molecule has 0 saturated heterocycles. The van der Waals surface area contributed by atoms with Crippen molar-refractivity contribution in [3.8, 4) is 5.75 Å². The van der Waals surface area contributed by atoms with Crippen LogP contribution in [0.3, 0.4) is 0 Å². The SMILES string of the molecule is O=C1CCc2cc(OCCCC(=O)OC3CCc4ccccc4C3)ccc2N1. The Kier molecular flexibility index (Phi) is 5.60. The van der Waals surface area contributed by atoms with Gasteiger partial charge in [0.1, 0.15) is 11.9 Å². The Hall–Kier alpha value is -2.82. The molecular formula is C23H25NO4. The van der Waals surface area contributed by atoms with Gasteiger partial charge < -0.3 is 14.8 Å². The topological polar surface area (TPSA) is 64.6 Å². The van der Waals surface area contributed by atoms with Gasteiger partial charge in [-0.3, -0.25) is 9.59 Å². The summed E-state index contributed by atoms with van der Waals surface area (Å²) in [6, 6.07) is 14.1. The molecule has 0 bridgehead atoms. The smallest absolute Gasteiger partial charge is 0.306 e. The van der Waals surface area contributed by atoms with Gasteiger partial charge >= 0.3 is 5.97 Å². The van der Waals surface area contributed by atoms with Crippen molar-refractivity contribution in [3.63, 3.8) is 0 Å². The third-order valence-corrected chi connectivity index (χ3v) is 5.37. The molecule has 2 aromatic rings. The van der Waals surface area contributed by atoms with Crippen LogP contribution in [0.2, 0.25) is 0 Å². The Morgan fingerprint density at radius 3 is 2.79 bits per heavy atom. The maximum absolute atomic E-state index is 12.1. The lowest BCUT2D eigenvalue weighted by molar-refractivity contribution is -0.149. The van der Waals surface area contributed by atoms with E-state index < -0.39 is 0 Å². The summed E-state index contributed by atoms with van der Waals surface area (Å²) in [4.78, 5) is 23.5. The fraction of sp³-hybridized carbons (Fsp3) is 0.391. The van der Waals surface area contributed by atoms with Crippen LogP contribution in [-0.4, -0.2) is 24.6 Å². The number of benzene rings is 2. The third kappa shape index (κ3) is 4.53. The predicted molar refractivity (Wildman–Crippen MR) is 106 cm³/mol. The molecule has 2 aromatic carbocycles. The van der Waals surface area contributed by atoms with Crippen LogP contribution in [0.5, 0.6) is 5.75 Å². The fourth-order valence-electron chi connectivity index (χ4n) is 3.87. The molecule has 1 N–H and O–H groups in total. The summed E-state index contributed by atoms with van der Waals surface area (Å²) in [7, 11) is 0. The van der Waals surface area contributed by atoms with Crippen LogP contribution in [-0.2, 0) is 33.6 Å². The average molecular weight is 379 g/mol. The van der Waals surface area contributed by atoms with Crippen molar-refractivity contribution >= 4 is 17.6 Å². The quantitative estimate of drug-likeness (QED) is 0.612. The Morgan fingerprint density at radius 2 is 1.89 bits per heavy atom. The maximum Gasteiger partial charge on any atom is 0.306 e. The van der Waals surface area contributed by atoms with Gasteiger partial charge in [0.25, 0.3) is 0 Å². The Balaban J connectivity index is 1.19. The second-order valence-electron chi connectivity index (χ2n) is 7.44. The minimum Gasteiger partial charge on any atom is -0.494 e. The van der Waals surface area contributed by atoms with Crippen molar-refractivity contribution < 1.29 is 19.1 Å². The molecule has 4 rings (SSSR count). The van der Waals surface area contributed by atoms with Gasteiger partial charge in [0.05, 0.1) is 6.61 Å². The van der Waals surface area contributed by atoms with E-state index in [-0.39, 0.29) is 18.0 Å². The zero-order chi connectivity index (χ0) is 19.3. The van der Waals surface area contributed by atoms with Gasteiger partial charge in [-0.05, 0) is 60.6 Å². The molecule has 0 fully saturated rings. The van der Waals surface area contributed by atoms with Crippen LogP contribution in [0.1, 0.15) is 42.4 Å². The van der Waals surface area contributed by atoms with Crippen molar-refractivity contribution in [2.45, 2.75) is 51.0 Å². The number of fused-ring (bicyclic) bond motifs is 2. The van der Waals surface area contributed by atoms with Gasteiger partial charge in [-0.15, -0.1) is 0 Å². The van der Waals surface area contributed by atoms with E-state index in [1.807, 2.05) is 24.3 Å². The van der Waals surface area contributed by atoms with Crippen LogP contribution in [0.4, 0.5) is 5.69 Å². The van der Waals surface area contributed by atoms with Gasteiger partial charge in [0.2, 0.25) is 5.91 Å². The van der Waals surface area contributed by atoms with Crippen LogP contribution in [0.15, 0.2) is 42.5 Å². The number of esters is 1. The van der Waals surface area contributed by atoms with Crippen molar-refractivity contribution in [3.05, 3.63) is 59.2 Å². The Bertz CT molecular complexity index is 877. The molecular weight excluding hydrogens is 354 g/mol. The van der Waals surface area contributed by atoms with E-state index in [0.717, 1.165) is 42.7 Å². The number of carbonyl (C=O) groups excluding carboxylic acids is 2. The van der Waals surface area contributed by atoms with Gasteiger partial charge in [0.15, 0.2) is 0 Å². The zero-order valence-corrected chi connectivity index (χ0v) is 15.9. The maximum atomic E-state index is 12.1. The predicted octanol–water partition coefficient (Wildman–Crippen LogP) is 3.83. The molecule has 0 aromatic heterocycles. The second kappa shape index (κ2) is 8.46. The minimum absolute atomic E-state index is 0.0147. The number of aryl methyl sites for hydroxylation is 2. The second-order valence-corrected chi connectivity index (χ2v) is 7.44. The highest BCUT2D eigenvalue weighted by molar-refractivity contribution is 5.94. The molecule has 5 heteroatoms. The molecule has 0 saturated carbocycles. The average Bonchev–Trinajstić information content (AvgIpc) is 2.71. The number of hydrogen-bond donors (Lipinski definition) is 1. The highest BCUT2D eigenvalue weighted by Crippen LogP contribution is 2.27. The first-order chi connectivity index (χ1) is 13.7. The zero-order valence-electron chi connectivity index (χ0n) is 15.9. The van der Waals surface area contributed by atoms with E-state index in [1.165, 1.54) is 11.1 Å². The highest BCUT2D eigenvalue weighted by atomic mass is 16.5. The molecule has 1 atom stereocenters. The summed E-state index contributed by atoms with van der Waals surface area (Å²) >= 11 is 0. The van der Waals surface area contributed by atoms with Gasteiger partial charge in [-0.2, -0.15) is 0 Å². The van der Waals surface area contributed by atoms with Crippen LogP contribution in [0, 0.1) is 0 Å². The van der Waals surface area contributed by atoms with Crippen LogP contribution < -0.4 is 10.1 Å². The minimum atomic E-state index is -0.152. The van der Waals surface area contributed by atoms with E-state index in [0.29, 0.717) is 25.9 Å². The molecule has 1 heterocycles. The highest BCUT2D eigenvalue weighted by Gasteiger charge is 2.21. The third-order valence-electron chi connectivity index (χ3n) is 5.37. The first kappa shape index (κ1) is 18.5. The Labute approximate surface area is 165 Å². The molecule has 146 valence electrons. The number of anilines is 1. The summed E-state index contributed by atoms with van der Waals surface area (Å²) in [5.74, 6) is 0.675. The lowest BCUT2D eigenvalue weighted by Crippen LogP contribution is -2.25. The van der Waals surface area contributed by atoms with Gasteiger partial charge in [-0.1, -0.05) is 24.3 Å². The van der Waals surface area contributed by atoms with Crippen LogP contribution >= 0.6 is 0 Å². The van der Waals surface area contributed by atoms with Crippen LogP contribution in [0.25, 0.3) is 0 Å². The van der Waals surface area contributed by atoms with E-state index in [2.05, 4.69) is 23.5 Å². The van der Waals surface area contributed by atoms with Crippen molar-refractivity contribution in [2.24, 2.45) is 0 Å². The summed E-state index contributed by atoms with van der Waals surface area (Å²) < 4.78 is 11.4. The standard InChI is InChI=1S/C23H25NO4/c25-22-12-8-18-15-19(10-11-21(18)24-22)27-13-3-6-23(26)28-20-9-7-16-4-1-2-5-17(16)14-20/h1-2,4-5,10-11,15,20H,3,6-9,12-14H2,(H,24,25). The molecule has 0 radical (unpaired) electrons. The summed E-state index contributed by atoms with van der Waals surface area (Å²) in [5.41, 5.74) is 4.61. The number of carbonyl (C=O) groups is 2. The monoisotopic (exact) mass is 379 g/mol. The van der Waals surface area contributed by atoms with E-state index >= 15 is 0 Å². The van der Waals surface area contributed by atoms with Gasteiger partial charge in [-0.25, -0.2) is 0 Å². The van der Waals surface area contributed by atoms with Crippen molar-refractivity contribution in [2.75, 3.05) is 11.9 Å².